The number of Topliss-reactive ketones (excluding diaryl/α,β-unsaturated/α-hetero) is 1. The molecule has 0 amide bonds. The van der Waals surface area contributed by atoms with Gasteiger partial charge in [-0.2, -0.15) is 0 Å². The molecular formula is C17H14O2. The van der Waals surface area contributed by atoms with E-state index in [1.54, 1.807) is 7.11 Å². The first kappa shape index (κ1) is 11.7. The molecular weight excluding hydrogens is 236 g/mol. The van der Waals surface area contributed by atoms with Gasteiger partial charge in [0.15, 0.2) is 5.78 Å². The topological polar surface area (TPSA) is 26.3 Å². The Kier molecular flexibility index (Phi) is 2.92. The zero-order chi connectivity index (χ0) is 13.2. The summed E-state index contributed by atoms with van der Waals surface area (Å²) in [5.74, 6) is 0.940. The SMILES string of the molecule is COc1cccc(/C=C2/Cc3ccccc3C2=O)c1. The number of carbonyl (C=O) groups excluding carboxylic acids is 1. The largest absolute Gasteiger partial charge is 0.497 e. The number of hydrogen-bond acceptors (Lipinski definition) is 2. The van der Waals surface area contributed by atoms with Crippen molar-refractivity contribution in [1.29, 1.82) is 0 Å². The average Bonchev–Trinajstić information content (AvgIpc) is 2.76. The Morgan fingerprint density at radius 1 is 1.11 bits per heavy atom. The van der Waals surface area contributed by atoms with Crippen molar-refractivity contribution < 1.29 is 9.53 Å². The van der Waals surface area contributed by atoms with Crippen LogP contribution in [0.3, 0.4) is 0 Å². The Balaban J connectivity index is 1.96. The van der Waals surface area contributed by atoms with Crippen molar-refractivity contribution >= 4 is 11.9 Å². The van der Waals surface area contributed by atoms with Crippen molar-refractivity contribution in [2.75, 3.05) is 7.11 Å². The van der Waals surface area contributed by atoms with Gasteiger partial charge in [0.05, 0.1) is 7.11 Å². The Bertz CT molecular complexity index is 668. The van der Waals surface area contributed by atoms with Crippen molar-refractivity contribution in [3.63, 3.8) is 0 Å². The number of hydrogen-bond donors (Lipinski definition) is 0. The van der Waals surface area contributed by atoms with Crippen molar-refractivity contribution in [3.05, 3.63) is 70.8 Å². The molecule has 0 saturated heterocycles. The van der Waals surface area contributed by atoms with Crippen LogP contribution in [0, 0.1) is 0 Å². The van der Waals surface area contributed by atoms with Crippen LogP contribution < -0.4 is 4.74 Å². The fourth-order valence-corrected chi connectivity index (χ4v) is 2.40. The molecule has 1 aliphatic rings. The van der Waals surface area contributed by atoms with E-state index in [0.717, 1.165) is 28.0 Å². The van der Waals surface area contributed by atoms with E-state index in [-0.39, 0.29) is 5.78 Å². The summed E-state index contributed by atoms with van der Waals surface area (Å²) in [5, 5.41) is 0. The Morgan fingerprint density at radius 2 is 1.95 bits per heavy atom. The van der Waals surface area contributed by atoms with Gasteiger partial charge in [-0.15, -0.1) is 0 Å². The second-order valence-electron chi connectivity index (χ2n) is 4.61. The predicted octanol–water partition coefficient (Wildman–Crippen LogP) is 3.52. The summed E-state index contributed by atoms with van der Waals surface area (Å²) in [4.78, 5) is 12.3. The van der Waals surface area contributed by atoms with E-state index < -0.39 is 0 Å². The van der Waals surface area contributed by atoms with E-state index in [2.05, 4.69) is 0 Å². The molecule has 0 bridgehead atoms. The standard InChI is InChI=1S/C17H14O2/c1-19-15-7-4-5-12(10-15)9-14-11-13-6-2-3-8-16(13)17(14)18/h2-10H,11H2,1H3/b14-9-. The molecule has 0 spiro atoms. The van der Waals surface area contributed by atoms with E-state index in [1.807, 2.05) is 54.6 Å². The van der Waals surface area contributed by atoms with Gasteiger partial charge in [-0.05, 0) is 29.3 Å². The Labute approximate surface area is 112 Å². The van der Waals surface area contributed by atoms with Crippen LogP contribution in [0.4, 0.5) is 0 Å². The molecule has 1 aliphatic carbocycles. The van der Waals surface area contributed by atoms with Gasteiger partial charge < -0.3 is 4.74 Å². The summed E-state index contributed by atoms with van der Waals surface area (Å²) < 4.78 is 5.19. The summed E-state index contributed by atoms with van der Waals surface area (Å²) in [7, 11) is 1.64. The number of ketones is 1. The molecule has 0 aliphatic heterocycles. The highest BCUT2D eigenvalue weighted by molar-refractivity contribution is 6.15. The van der Waals surface area contributed by atoms with Crippen LogP contribution in [-0.4, -0.2) is 12.9 Å². The number of allylic oxidation sites excluding steroid dienone is 1. The van der Waals surface area contributed by atoms with Gasteiger partial charge in [0.2, 0.25) is 0 Å². The minimum Gasteiger partial charge on any atom is -0.497 e. The van der Waals surface area contributed by atoms with Crippen molar-refractivity contribution in [2.24, 2.45) is 0 Å². The lowest BCUT2D eigenvalue weighted by atomic mass is 10.1. The first-order valence-electron chi connectivity index (χ1n) is 6.25. The molecule has 2 aromatic rings. The zero-order valence-electron chi connectivity index (χ0n) is 10.7. The Morgan fingerprint density at radius 3 is 2.74 bits per heavy atom. The first-order chi connectivity index (χ1) is 9.28. The molecule has 19 heavy (non-hydrogen) atoms. The summed E-state index contributed by atoms with van der Waals surface area (Å²) >= 11 is 0. The Hall–Kier alpha value is -2.35. The van der Waals surface area contributed by atoms with Crippen LogP contribution in [0.1, 0.15) is 21.5 Å². The van der Waals surface area contributed by atoms with Crippen LogP contribution in [0.25, 0.3) is 6.08 Å². The van der Waals surface area contributed by atoms with Gasteiger partial charge in [-0.1, -0.05) is 36.4 Å². The van der Waals surface area contributed by atoms with Crippen LogP contribution in [0.15, 0.2) is 54.1 Å². The van der Waals surface area contributed by atoms with E-state index in [1.165, 1.54) is 0 Å². The van der Waals surface area contributed by atoms with Crippen molar-refractivity contribution in [3.8, 4) is 5.75 Å². The third kappa shape index (κ3) is 2.17. The quantitative estimate of drug-likeness (QED) is 0.762. The van der Waals surface area contributed by atoms with Gasteiger partial charge in [0, 0.05) is 17.6 Å². The van der Waals surface area contributed by atoms with Crippen LogP contribution >= 0.6 is 0 Å². The minimum atomic E-state index is 0.137. The van der Waals surface area contributed by atoms with Crippen LogP contribution in [-0.2, 0) is 6.42 Å². The monoisotopic (exact) mass is 250 g/mol. The third-order valence-corrected chi connectivity index (χ3v) is 3.37. The van der Waals surface area contributed by atoms with Gasteiger partial charge in [0.25, 0.3) is 0 Å². The molecule has 3 rings (SSSR count). The molecule has 94 valence electrons. The highest BCUT2D eigenvalue weighted by Crippen LogP contribution is 2.28. The van der Waals surface area contributed by atoms with Crippen LogP contribution in [0.2, 0.25) is 0 Å². The lowest BCUT2D eigenvalue weighted by Gasteiger charge is -2.01. The maximum absolute atomic E-state index is 12.3. The summed E-state index contributed by atoms with van der Waals surface area (Å²) in [6, 6.07) is 15.5. The molecule has 2 aromatic carbocycles. The van der Waals surface area contributed by atoms with Crippen molar-refractivity contribution in [1.82, 2.24) is 0 Å². The zero-order valence-corrected chi connectivity index (χ0v) is 10.7. The number of fused-ring (bicyclic) bond motifs is 1. The molecule has 2 heteroatoms. The number of carbonyl (C=O) groups is 1. The van der Waals surface area contributed by atoms with Crippen LogP contribution in [0.5, 0.6) is 5.75 Å². The number of ether oxygens (including phenoxy) is 1. The molecule has 0 radical (unpaired) electrons. The smallest absolute Gasteiger partial charge is 0.189 e. The molecule has 0 N–H and O–H groups in total. The number of benzene rings is 2. The van der Waals surface area contributed by atoms with E-state index in [4.69, 9.17) is 4.74 Å². The summed E-state index contributed by atoms with van der Waals surface area (Å²) in [6.45, 7) is 0. The summed E-state index contributed by atoms with van der Waals surface area (Å²) in [5.41, 5.74) is 3.78. The minimum absolute atomic E-state index is 0.137. The maximum Gasteiger partial charge on any atom is 0.189 e. The normalized spacial score (nSPS) is 15.6. The van der Waals surface area contributed by atoms with E-state index in [0.29, 0.717) is 6.42 Å². The van der Waals surface area contributed by atoms with E-state index >= 15 is 0 Å². The highest BCUT2D eigenvalue weighted by Gasteiger charge is 2.23. The van der Waals surface area contributed by atoms with Crippen molar-refractivity contribution in [2.45, 2.75) is 6.42 Å². The van der Waals surface area contributed by atoms with Gasteiger partial charge >= 0.3 is 0 Å². The molecule has 0 fully saturated rings. The molecule has 0 unspecified atom stereocenters. The summed E-state index contributed by atoms with van der Waals surface area (Å²) in [6.07, 6.45) is 2.66. The molecule has 0 aromatic heterocycles. The first-order valence-corrected chi connectivity index (χ1v) is 6.25. The fourth-order valence-electron chi connectivity index (χ4n) is 2.40. The van der Waals surface area contributed by atoms with Gasteiger partial charge in [0.1, 0.15) is 5.75 Å². The number of rotatable bonds is 2. The lowest BCUT2D eigenvalue weighted by molar-refractivity contribution is 0.104. The molecule has 0 saturated carbocycles. The van der Waals surface area contributed by atoms with E-state index in [9.17, 15) is 4.79 Å². The van der Waals surface area contributed by atoms with Gasteiger partial charge in [-0.3, -0.25) is 4.79 Å². The molecule has 0 heterocycles. The van der Waals surface area contributed by atoms with Gasteiger partial charge in [-0.25, -0.2) is 0 Å². The fraction of sp³-hybridized carbons (Fsp3) is 0.118. The second kappa shape index (κ2) is 4.73. The maximum atomic E-state index is 12.3. The average molecular weight is 250 g/mol. The number of methoxy groups -OCH3 is 1. The second-order valence-corrected chi connectivity index (χ2v) is 4.61. The highest BCUT2D eigenvalue weighted by atomic mass is 16.5. The third-order valence-electron chi connectivity index (χ3n) is 3.37. The molecule has 2 nitrogen and oxygen atoms in total. The lowest BCUT2D eigenvalue weighted by Crippen LogP contribution is -1.95. The predicted molar refractivity (Wildman–Crippen MR) is 75.4 cm³/mol. The molecule has 0 atom stereocenters.